The lowest BCUT2D eigenvalue weighted by molar-refractivity contribution is 0.0566. The number of fused-ring (bicyclic) bond motifs is 6. The van der Waals surface area contributed by atoms with Crippen LogP contribution in [0.1, 0.15) is 35.1 Å². The van der Waals surface area contributed by atoms with Gasteiger partial charge in [-0.05, 0) is 33.4 Å². The highest BCUT2D eigenvalue weighted by Gasteiger charge is 2.54. The molecular weight excluding hydrogens is 905 g/mol. The Balaban J connectivity index is 0.000000128. The van der Waals surface area contributed by atoms with Crippen LogP contribution in [-0.2, 0) is 41.6 Å². The zero-order valence-corrected chi connectivity index (χ0v) is 38.4. The van der Waals surface area contributed by atoms with E-state index in [2.05, 4.69) is 24.3 Å². The van der Waals surface area contributed by atoms with Gasteiger partial charge in [0.1, 0.15) is 38.1 Å². The monoisotopic (exact) mass is 959 g/mol. The summed E-state index contributed by atoms with van der Waals surface area (Å²) in [5, 5.41) is 29.3. The highest BCUT2D eigenvalue weighted by atomic mass is 35.5. The molecule has 3 N–H and O–H groups in total. The quantitative estimate of drug-likeness (QED) is 0.158. The van der Waals surface area contributed by atoms with Crippen LogP contribution in [0.15, 0.2) is 109 Å². The predicted octanol–water partition coefficient (Wildman–Crippen LogP) is 5.76. The lowest BCUT2D eigenvalue weighted by Crippen LogP contribution is -2.44. The number of halogens is 2. The highest BCUT2D eigenvalue weighted by Crippen LogP contribution is 2.45. The summed E-state index contributed by atoms with van der Waals surface area (Å²) in [4.78, 5) is 41.7. The molecule has 15 nitrogen and oxygen atoms in total. The summed E-state index contributed by atoms with van der Waals surface area (Å²) < 4.78 is 32.8. The van der Waals surface area contributed by atoms with Crippen molar-refractivity contribution in [2.45, 2.75) is 91.6 Å². The summed E-state index contributed by atoms with van der Waals surface area (Å²) in [7, 11) is 0. The van der Waals surface area contributed by atoms with Crippen LogP contribution in [0.3, 0.4) is 0 Å². The third-order valence-corrected chi connectivity index (χ3v) is 14.4. The molecule has 1 aliphatic carbocycles. The molecule has 4 aromatic carbocycles. The van der Waals surface area contributed by atoms with Crippen LogP contribution in [0, 0.1) is 5.92 Å². The van der Waals surface area contributed by atoms with Gasteiger partial charge in [-0.25, -0.2) is 14.4 Å². The highest BCUT2D eigenvalue weighted by molar-refractivity contribution is 6.22. The predicted molar refractivity (Wildman–Crippen MR) is 245 cm³/mol. The molecular formula is C50H55Cl2N3O12. The summed E-state index contributed by atoms with van der Waals surface area (Å²) >= 11 is 12.4. The molecule has 6 saturated heterocycles. The van der Waals surface area contributed by atoms with Crippen molar-refractivity contribution >= 4 is 41.5 Å². The standard InChI is InChI=1S/C21H20ClNO4.C15H19NO4.C14H16ClNO4/c22-17-9-23(19-18(24)11-26-20(17)19)21(25)27-10-16-14-7-3-1-5-12(14)13-6-2-4-8-15(13)16;1-10-7-16(13-12(17)9-19-14(10)13)15(18)20-8-11-5-3-2-4-6-11;15-10-6-16(12-11(17)8-19-13(10)12)14(18)20-7-9-4-2-1-3-5-9/h1-8,16-20,24H,9-11H2;2-6,10,12-14,17H,7-9H2,1H3;1-5,10-13,17H,6-8H2/t17-,18+,19-,20-;10-,12-,13+,14+;10-,11+,12-,13-/m101/s1. The third kappa shape index (κ3) is 9.84. The van der Waals surface area contributed by atoms with Crippen LogP contribution in [0.25, 0.3) is 11.1 Å². The number of benzene rings is 4. The van der Waals surface area contributed by atoms with Gasteiger partial charge in [0, 0.05) is 31.5 Å². The molecule has 0 radical (unpaired) electrons. The summed E-state index contributed by atoms with van der Waals surface area (Å²) in [6.07, 6.45) is -4.04. The molecule has 0 bridgehead atoms. The molecule has 6 aliphatic heterocycles. The van der Waals surface area contributed by atoms with Gasteiger partial charge in [0.2, 0.25) is 0 Å². The molecule has 7 aliphatic rings. The molecule has 12 atom stereocenters. The molecule has 356 valence electrons. The number of ether oxygens (including phenoxy) is 6. The molecule has 6 fully saturated rings. The number of aliphatic hydroxyl groups excluding tert-OH is 3. The minimum atomic E-state index is -0.723. The summed E-state index contributed by atoms with van der Waals surface area (Å²) in [6, 6.07) is 34.4. The second-order valence-electron chi connectivity index (χ2n) is 17.9. The second kappa shape index (κ2) is 20.7. The number of rotatable bonds is 6. The van der Waals surface area contributed by atoms with Crippen LogP contribution in [0.2, 0.25) is 0 Å². The van der Waals surface area contributed by atoms with E-state index in [0.29, 0.717) is 26.2 Å². The van der Waals surface area contributed by atoms with Crippen molar-refractivity contribution in [3.05, 3.63) is 131 Å². The number of hydrogen-bond acceptors (Lipinski definition) is 12. The minimum absolute atomic E-state index is 0.0105. The number of alkyl halides is 2. The maximum absolute atomic E-state index is 12.7. The van der Waals surface area contributed by atoms with Crippen LogP contribution in [0.4, 0.5) is 14.4 Å². The largest absolute Gasteiger partial charge is 0.448 e. The summed E-state index contributed by atoms with van der Waals surface area (Å²) in [6.45, 7) is 4.67. The van der Waals surface area contributed by atoms with Gasteiger partial charge in [-0.2, -0.15) is 0 Å². The number of carbonyl (C=O) groups is 3. The molecule has 4 aromatic rings. The zero-order chi connectivity index (χ0) is 46.8. The Morgan fingerprint density at radius 1 is 0.537 bits per heavy atom. The molecule has 6 heterocycles. The Morgan fingerprint density at radius 2 is 0.910 bits per heavy atom. The summed E-state index contributed by atoms with van der Waals surface area (Å²) in [5.41, 5.74) is 6.59. The molecule has 0 spiro atoms. The van der Waals surface area contributed by atoms with Gasteiger partial charge in [0.15, 0.2) is 0 Å². The van der Waals surface area contributed by atoms with Gasteiger partial charge in [-0.1, -0.05) is 116 Å². The fourth-order valence-electron chi connectivity index (χ4n) is 10.4. The number of amides is 3. The van der Waals surface area contributed by atoms with Crippen molar-refractivity contribution in [2.24, 2.45) is 5.92 Å². The van der Waals surface area contributed by atoms with E-state index in [4.69, 9.17) is 51.6 Å². The Bertz CT molecular complexity index is 2220. The number of hydrogen-bond donors (Lipinski definition) is 3. The van der Waals surface area contributed by atoms with Crippen LogP contribution < -0.4 is 0 Å². The first-order valence-electron chi connectivity index (χ1n) is 22.7. The fraction of sp³-hybridized carbons (Fsp3) is 0.460. The Labute approximate surface area is 398 Å². The van der Waals surface area contributed by atoms with Crippen LogP contribution in [0.5, 0.6) is 0 Å². The maximum atomic E-state index is 12.7. The van der Waals surface area contributed by atoms with E-state index in [1.807, 2.05) is 91.9 Å². The maximum Gasteiger partial charge on any atom is 0.410 e. The van der Waals surface area contributed by atoms with Gasteiger partial charge in [0.05, 0.1) is 67.0 Å². The number of likely N-dealkylation sites (tertiary alicyclic amines) is 3. The first kappa shape index (κ1) is 47.1. The van der Waals surface area contributed by atoms with Crippen molar-refractivity contribution < 1.29 is 58.1 Å². The van der Waals surface area contributed by atoms with E-state index in [0.717, 1.165) is 11.1 Å². The minimum Gasteiger partial charge on any atom is -0.448 e. The van der Waals surface area contributed by atoms with E-state index < -0.39 is 42.6 Å². The van der Waals surface area contributed by atoms with Crippen molar-refractivity contribution in [3.63, 3.8) is 0 Å². The van der Waals surface area contributed by atoms with E-state index in [1.54, 1.807) is 4.90 Å². The molecule has 3 amide bonds. The van der Waals surface area contributed by atoms with E-state index in [9.17, 15) is 29.7 Å². The van der Waals surface area contributed by atoms with Gasteiger partial charge in [0.25, 0.3) is 0 Å². The van der Waals surface area contributed by atoms with Crippen LogP contribution >= 0.6 is 23.2 Å². The Kier molecular flexibility index (Phi) is 14.6. The first-order valence-corrected chi connectivity index (χ1v) is 23.6. The zero-order valence-electron chi connectivity index (χ0n) is 36.9. The van der Waals surface area contributed by atoms with Gasteiger partial charge >= 0.3 is 18.3 Å². The fourth-order valence-corrected chi connectivity index (χ4v) is 11.1. The topological polar surface area (TPSA) is 177 Å². The average Bonchev–Trinajstić information content (AvgIpc) is 4.23. The molecule has 0 aromatic heterocycles. The van der Waals surface area contributed by atoms with Crippen molar-refractivity contribution in [1.82, 2.24) is 14.7 Å². The van der Waals surface area contributed by atoms with Crippen molar-refractivity contribution in [2.75, 3.05) is 46.1 Å². The van der Waals surface area contributed by atoms with Gasteiger partial charge in [-0.3, -0.25) is 14.7 Å². The van der Waals surface area contributed by atoms with Crippen molar-refractivity contribution in [1.29, 1.82) is 0 Å². The molecule has 0 unspecified atom stereocenters. The molecule has 67 heavy (non-hydrogen) atoms. The van der Waals surface area contributed by atoms with E-state index >= 15 is 0 Å². The van der Waals surface area contributed by atoms with E-state index in [1.165, 1.54) is 32.1 Å². The normalized spacial score (nSPS) is 30.8. The van der Waals surface area contributed by atoms with E-state index in [-0.39, 0.29) is 86.1 Å². The lowest BCUT2D eigenvalue weighted by Gasteiger charge is -2.25. The van der Waals surface area contributed by atoms with Crippen molar-refractivity contribution in [3.8, 4) is 11.1 Å². The lowest BCUT2D eigenvalue weighted by atomic mass is 9.98. The Morgan fingerprint density at radius 3 is 1.37 bits per heavy atom. The number of nitrogens with zero attached hydrogens (tertiary/aromatic N) is 3. The molecule has 0 saturated carbocycles. The molecule has 11 rings (SSSR count). The Hall–Kier alpha value is -4.97. The summed E-state index contributed by atoms with van der Waals surface area (Å²) in [5.74, 6) is 0.234. The third-order valence-electron chi connectivity index (χ3n) is 13.6. The van der Waals surface area contributed by atoms with Gasteiger partial charge < -0.3 is 43.7 Å². The second-order valence-corrected chi connectivity index (χ2v) is 19.0. The molecule has 17 heteroatoms. The van der Waals surface area contributed by atoms with Gasteiger partial charge in [-0.15, -0.1) is 23.2 Å². The smallest absolute Gasteiger partial charge is 0.410 e. The SMILES string of the molecule is C[C@H]1CN(C(=O)OCc2ccccc2)[C@H]2[C@@H]1OC[C@@H]2O.O=C(OCC1c2ccccc2-c2ccccc21)N1C[C@@H](Cl)[C@H]2OC[C@H](O)[C@H]21.O=C(OCc1ccccc1)N1C[C@@H](Cl)[C@H]2OC[C@H](O)[C@H]21. The first-order chi connectivity index (χ1) is 32.5. The van der Waals surface area contributed by atoms with Crippen LogP contribution in [-0.4, -0.2) is 160 Å². The average molecular weight is 961 g/mol. The number of aliphatic hydroxyl groups is 3. The number of carbonyl (C=O) groups excluding carboxylic acids is 3.